The van der Waals surface area contributed by atoms with Gasteiger partial charge in [0.25, 0.3) is 0 Å². The maximum Gasteiger partial charge on any atom is 0.319 e. The summed E-state index contributed by atoms with van der Waals surface area (Å²) in [7, 11) is 0. The van der Waals surface area contributed by atoms with Crippen LogP contribution in [0.4, 0.5) is 0 Å². The van der Waals surface area contributed by atoms with Crippen LogP contribution in [0.15, 0.2) is 0 Å². The van der Waals surface area contributed by atoms with Gasteiger partial charge in [-0.1, -0.05) is 234 Å². The molecule has 0 aromatic carbocycles. The second-order valence-electron chi connectivity index (χ2n) is 13.5. The maximum atomic E-state index is 7.56. The molecule has 0 aliphatic carbocycles. The summed E-state index contributed by atoms with van der Waals surface area (Å²) in [4.78, 5) is 90.7. The zero-order valence-corrected chi connectivity index (χ0v) is 42.8. The molecule has 0 aliphatic heterocycles. The Morgan fingerprint density at radius 2 is 0.250 bits per heavy atom. The predicted molar refractivity (Wildman–Crippen MR) is 256 cm³/mol. The van der Waals surface area contributed by atoms with E-state index in [0.29, 0.717) is 0 Å². The van der Waals surface area contributed by atoms with E-state index in [2.05, 4.69) is 88.8 Å². The molecule has 0 aromatic heterocycles. The van der Waals surface area contributed by atoms with Crippen molar-refractivity contribution >= 4 is 74.1 Å². The highest BCUT2D eigenvalue weighted by molar-refractivity contribution is 8.07. The zero-order valence-electron chi connectivity index (χ0n) is 36.0. The van der Waals surface area contributed by atoms with Gasteiger partial charge in [-0.05, 0) is 47.2 Å². The van der Waals surface area contributed by atoms with Crippen LogP contribution in [-0.4, -0.2) is 58.7 Å². The molecule has 0 saturated carbocycles. The highest BCUT2D eigenvalue weighted by Gasteiger charge is 1.95. The van der Waals surface area contributed by atoms with Gasteiger partial charge in [0.2, 0.25) is 0 Å². The van der Waals surface area contributed by atoms with Crippen molar-refractivity contribution in [1.29, 1.82) is 0 Å². The fourth-order valence-electron chi connectivity index (χ4n) is 4.68. The molecule has 0 aromatic rings. The van der Waals surface area contributed by atoms with Crippen LogP contribution in [0.3, 0.4) is 0 Å². The summed E-state index contributed by atoms with van der Waals surface area (Å²) in [5.74, 6) is 0. The van der Waals surface area contributed by atoms with E-state index in [9.17, 15) is 0 Å². The fraction of sp³-hybridized carbons (Fsp3) is 1.00. The van der Waals surface area contributed by atoms with Crippen LogP contribution < -0.4 is 0 Å². The zero-order chi connectivity index (χ0) is 45.2. The molecule has 0 atom stereocenters. The van der Waals surface area contributed by atoms with Crippen LogP contribution in [-0.2, 0) is 47.2 Å². The lowest BCUT2D eigenvalue weighted by molar-refractivity contribution is 0.361. The largest absolute Gasteiger partial charge is 0.325 e. The number of unbranched alkanes of at least 4 members (excludes halogenated alkanes) is 27. The van der Waals surface area contributed by atoms with Gasteiger partial charge >= 0.3 is 26.9 Å². The second kappa shape index (κ2) is 57.1. The molecule has 20 heteroatoms. The summed E-state index contributed by atoms with van der Waals surface area (Å²) in [6.45, 7) is -1.55. The molecular formula is C36H90O12P4S4. The lowest BCUT2D eigenvalue weighted by Crippen LogP contribution is -1.80. The minimum Gasteiger partial charge on any atom is -0.325 e. The van der Waals surface area contributed by atoms with Crippen molar-refractivity contribution in [3.8, 4) is 0 Å². The van der Waals surface area contributed by atoms with E-state index in [1.165, 1.54) is 193 Å². The normalized spacial score (nSPS) is 11.0. The average Bonchev–Trinajstić information content (AvgIpc) is 3.02. The van der Waals surface area contributed by atoms with E-state index in [1.54, 1.807) is 0 Å². The van der Waals surface area contributed by atoms with E-state index in [-0.39, 0.29) is 0 Å². The molecule has 12 nitrogen and oxygen atoms in total. The van der Waals surface area contributed by atoms with Crippen molar-refractivity contribution in [2.45, 2.75) is 234 Å². The Morgan fingerprint density at radius 1 is 0.196 bits per heavy atom. The third-order valence-electron chi connectivity index (χ3n) is 7.37. The van der Waals surface area contributed by atoms with Crippen LogP contribution in [0.1, 0.15) is 234 Å². The van der Waals surface area contributed by atoms with Crippen LogP contribution in [0.2, 0.25) is 0 Å². The summed E-state index contributed by atoms with van der Waals surface area (Å²) >= 11 is 14.4. The molecule has 0 bridgehead atoms. The Morgan fingerprint density at radius 3 is 0.304 bits per heavy atom. The molecule has 0 heterocycles. The standard InChI is InChI=1S/3C12H26.4H3O3PS/c3*1-3-5-7-9-11-12-10-8-6-4-2;4*1-4(2,3)5/h3*3-12H2,1-2H3;4*(H3,1,2,3,5). The smallest absolute Gasteiger partial charge is 0.319 e. The molecule has 0 rings (SSSR count). The van der Waals surface area contributed by atoms with Gasteiger partial charge in [0.15, 0.2) is 0 Å². The Hall–Kier alpha value is 2.12. The van der Waals surface area contributed by atoms with E-state index in [0.717, 1.165) is 0 Å². The summed E-state index contributed by atoms with van der Waals surface area (Å²) in [5, 5.41) is 0. The van der Waals surface area contributed by atoms with Gasteiger partial charge in [-0.25, -0.2) is 0 Å². The third kappa shape index (κ3) is 201. The Balaban J connectivity index is -0.000000104. The molecule has 0 aliphatic rings. The maximum absolute atomic E-state index is 7.56. The van der Waals surface area contributed by atoms with Gasteiger partial charge in [0, 0.05) is 0 Å². The van der Waals surface area contributed by atoms with Crippen molar-refractivity contribution in [2.75, 3.05) is 0 Å². The van der Waals surface area contributed by atoms with Gasteiger partial charge in [-0.3, -0.25) is 0 Å². The first-order valence-electron chi connectivity index (χ1n) is 20.9. The third-order valence-corrected chi connectivity index (χ3v) is 7.37. The van der Waals surface area contributed by atoms with Crippen molar-refractivity contribution in [3.63, 3.8) is 0 Å². The fourth-order valence-corrected chi connectivity index (χ4v) is 4.68. The molecule has 350 valence electrons. The number of hydrogen-bond acceptors (Lipinski definition) is 4. The van der Waals surface area contributed by atoms with Gasteiger partial charge < -0.3 is 58.7 Å². The molecule has 0 fully saturated rings. The second-order valence-corrected chi connectivity index (χ2v) is 23.5. The molecule has 0 radical (unpaired) electrons. The molecule has 0 unspecified atom stereocenters. The van der Waals surface area contributed by atoms with E-state index < -0.39 is 26.9 Å². The molecule has 12 N–H and O–H groups in total. The van der Waals surface area contributed by atoms with E-state index >= 15 is 0 Å². The average molecular weight is 967 g/mol. The van der Waals surface area contributed by atoms with Crippen molar-refractivity contribution in [2.24, 2.45) is 0 Å². The van der Waals surface area contributed by atoms with Gasteiger partial charge in [0.1, 0.15) is 0 Å². The van der Waals surface area contributed by atoms with Crippen LogP contribution in [0.25, 0.3) is 0 Å². The number of hydrogen-bond donors (Lipinski definition) is 12. The van der Waals surface area contributed by atoms with Crippen LogP contribution >= 0.6 is 26.9 Å². The van der Waals surface area contributed by atoms with E-state index in [1.807, 2.05) is 0 Å². The monoisotopic (exact) mass is 966 g/mol. The SMILES string of the molecule is CCCCCCCCCCCC.CCCCCCCCCCCC.CCCCCCCCCCCC.OP(O)(O)=S.OP(O)(O)=S.OP(O)(O)=S.OP(O)(O)=S. The summed E-state index contributed by atoms with van der Waals surface area (Å²) in [5.41, 5.74) is 0. The molecule has 0 amide bonds. The van der Waals surface area contributed by atoms with Gasteiger partial charge in [-0.2, -0.15) is 0 Å². The topological polar surface area (TPSA) is 243 Å². The summed E-state index contributed by atoms with van der Waals surface area (Å²) in [6, 6.07) is 0. The van der Waals surface area contributed by atoms with Gasteiger partial charge in [-0.15, -0.1) is 0 Å². The quantitative estimate of drug-likeness (QED) is 0.0270. The lowest BCUT2D eigenvalue weighted by Gasteiger charge is -1.99. The molecule has 56 heavy (non-hydrogen) atoms. The first kappa shape index (κ1) is 72.6. The van der Waals surface area contributed by atoms with Crippen molar-refractivity contribution < 1.29 is 58.7 Å². The first-order valence-corrected chi connectivity index (χ1v) is 31.5. The van der Waals surface area contributed by atoms with Crippen LogP contribution in [0, 0.1) is 0 Å². The van der Waals surface area contributed by atoms with Gasteiger partial charge in [0.05, 0.1) is 0 Å². The lowest BCUT2D eigenvalue weighted by atomic mass is 10.1. The van der Waals surface area contributed by atoms with Crippen molar-refractivity contribution in [3.05, 3.63) is 0 Å². The van der Waals surface area contributed by atoms with Crippen LogP contribution in [0.5, 0.6) is 0 Å². The minimum absolute atomic E-state index is 1.37. The number of rotatable bonds is 27. The highest BCUT2D eigenvalue weighted by atomic mass is 32.5. The Bertz CT molecular complexity index is 700. The minimum atomic E-state index is -3.81. The molecule has 0 spiro atoms. The van der Waals surface area contributed by atoms with E-state index in [4.69, 9.17) is 58.7 Å². The summed E-state index contributed by atoms with van der Waals surface area (Å²) < 4.78 is 0. The van der Waals surface area contributed by atoms with Crippen molar-refractivity contribution in [1.82, 2.24) is 0 Å². The summed E-state index contributed by atoms with van der Waals surface area (Å²) in [6.07, 6.45) is 43.3. The molecule has 0 saturated heterocycles. The molecular weight excluding hydrogens is 877 g/mol. The Labute approximate surface area is 365 Å². The first-order chi connectivity index (χ1) is 25.7. The predicted octanol–water partition coefficient (Wildman–Crippen LogP) is 11.5. The Kier molecular flexibility index (Phi) is 74.0. The highest BCUT2D eigenvalue weighted by Crippen LogP contribution is 2.28.